The molecule has 2 atom stereocenters. The van der Waals surface area contributed by atoms with Crippen LogP contribution in [-0.4, -0.2) is 35.7 Å². The summed E-state index contributed by atoms with van der Waals surface area (Å²) in [6, 6.07) is 6.59. The minimum atomic E-state index is -0.959. The molecular formula is C18H25NO4. The van der Waals surface area contributed by atoms with E-state index in [4.69, 9.17) is 9.84 Å². The molecule has 1 heterocycles. The van der Waals surface area contributed by atoms with Crippen molar-refractivity contribution in [2.45, 2.75) is 51.7 Å². The largest absolute Gasteiger partial charge is 0.478 e. The molecule has 2 rings (SSSR count). The van der Waals surface area contributed by atoms with Gasteiger partial charge >= 0.3 is 5.97 Å². The Balaban J connectivity index is 1.83. The predicted molar refractivity (Wildman–Crippen MR) is 87.5 cm³/mol. The Bertz CT molecular complexity index is 538. The number of carboxylic acids is 1. The Morgan fingerprint density at radius 1 is 1.30 bits per heavy atom. The zero-order chi connectivity index (χ0) is 16.8. The molecule has 5 heteroatoms. The lowest BCUT2D eigenvalue weighted by Gasteiger charge is -2.31. The summed E-state index contributed by atoms with van der Waals surface area (Å²) in [5.41, 5.74) is 1.05. The molecule has 0 aromatic heterocycles. The SMILES string of the molecule is CC(C)CC1CC(NC(=O)Cc2ccc(C(=O)O)cc2)CCO1. The molecule has 0 spiro atoms. The van der Waals surface area contributed by atoms with Gasteiger partial charge in [-0.2, -0.15) is 0 Å². The summed E-state index contributed by atoms with van der Waals surface area (Å²) in [6.45, 7) is 5.04. The van der Waals surface area contributed by atoms with Crippen molar-refractivity contribution in [2.24, 2.45) is 5.92 Å². The second kappa shape index (κ2) is 8.11. The summed E-state index contributed by atoms with van der Waals surface area (Å²) in [5, 5.41) is 11.9. The van der Waals surface area contributed by atoms with E-state index < -0.39 is 5.97 Å². The molecule has 2 N–H and O–H groups in total. The van der Waals surface area contributed by atoms with E-state index in [1.54, 1.807) is 12.1 Å². The molecule has 1 fully saturated rings. The lowest BCUT2D eigenvalue weighted by Crippen LogP contribution is -2.42. The first-order valence-electron chi connectivity index (χ1n) is 8.17. The van der Waals surface area contributed by atoms with Crippen LogP contribution < -0.4 is 5.32 Å². The van der Waals surface area contributed by atoms with Crippen molar-refractivity contribution in [3.63, 3.8) is 0 Å². The first kappa shape index (κ1) is 17.5. The van der Waals surface area contributed by atoms with Crippen LogP contribution in [0.15, 0.2) is 24.3 Å². The number of carbonyl (C=O) groups is 2. The number of ether oxygens (including phenoxy) is 1. The van der Waals surface area contributed by atoms with Gasteiger partial charge in [-0.3, -0.25) is 4.79 Å². The summed E-state index contributed by atoms with van der Waals surface area (Å²) in [6.07, 6.45) is 3.22. The van der Waals surface area contributed by atoms with Gasteiger partial charge in [-0.15, -0.1) is 0 Å². The van der Waals surface area contributed by atoms with Crippen molar-refractivity contribution in [3.8, 4) is 0 Å². The number of rotatable bonds is 6. The molecular weight excluding hydrogens is 294 g/mol. The van der Waals surface area contributed by atoms with Crippen molar-refractivity contribution < 1.29 is 19.4 Å². The normalized spacial score (nSPS) is 21.2. The fourth-order valence-electron chi connectivity index (χ4n) is 2.93. The van der Waals surface area contributed by atoms with Crippen LogP contribution in [0.2, 0.25) is 0 Å². The zero-order valence-corrected chi connectivity index (χ0v) is 13.7. The highest BCUT2D eigenvalue weighted by molar-refractivity contribution is 5.87. The van der Waals surface area contributed by atoms with Crippen LogP contribution in [0.25, 0.3) is 0 Å². The van der Waals surface area contributed by atoms with Crippen molar-refractivity contribution in [2.75, 3.05) is 6.61 Å². The molecule has 1 aliphatic heterocycles. The molecule has 1 amide bonds. The number of hydrogen-bond donors (Lipinski definition) is 2. The Morgan fingerprint density at radius 3 is 2.61 bits per heavy atom. The number of carboxylic acid groups (broad SMARTS) is 1. The molecule has 1 aromatic rings. The Labute approximate surface area is 137 Å². The zero-order valence-electron chi connectivity index (χ0n) is 13.7. The molecule has 23 heavy (non-hydrogen) atoms. The summed E-state index contributed by atoms with van der Waals surface area (Å²) >= 11 is 0. The third-order valence-electron chi connectivity index (χ3n) is 4.03. The molecule has 0 radical (unpaired) electrons. The van der Waals surface area contributed by atoms with Gasteiger partial charge in [-0.05, 0) is 42.9 Å². The van der Waals surface area contributed by atoms with E-state index in [1.807, 2.05) is 0 Å². The van der Waals surface area contributed by atoms with E-state index >= 15 is 0 Å². The van der Waals surface area contributed by atoms with Crippen LogP contribution >= 0.6 is 0 Å². The maximum atomic E-state index is 12.2. The average molecular weight is 319 g/mol. The van der Waals surface area contributed by atoms with Gasteiger partial charge in [0.15, 0.2) is 0 Å². The molecule has 5 nitrogen and oxygen atoms in total. The van der Waals surface area contributed by atoms with E-state index in [0.717, 1.165) is 24.8 Å². The van der Waals surface area contributed by atoms with Crippen molar-refractivity contribution in [1.82, 2.24) is 5.32 Å². The summed E-state index contributed by atoms with van der Waals surface area (Å²) in [5.74, 6) is -0.398. The quantitative estimate of drug-likeness (QED) is 0.845. The topological polar surface area (TPSA) is 75.6 Å². The van der Waals surface area contributed by atoms with Crippen LogP contribution in [-0.2, 0) is 16.0 Å². The maximum absolute atomic E-state index is 12.2. The molecule has 0 aliphatic carbocycles. The number of nitrogens with one attached hydrogen (secondary N) is 1. The molecule has 2 unspecified atom stereocenters. The predicted octanol–water partition coefficient (Wildman–Crippen LogP) is 2.64. The van der Waals surface area contributed by atoms with Crippen LogP contribution in [0.3, 0.4) is 0 Å². The number of benzene rings is 1. The van der Waals surface area contributed by atoms with Gasteiger partial charge < -0.3 is 15.2 Å². The van der Waals surface area contributed by atoms with Gasteiger partial charge in [0, 0.05) is 12.6 Å². The smallest absolute Gasteiger partial charge is 0.335 e. The molecule has 0 bridgehead atoms. The van der Waals surface area contributed by atoms with E-state index in [0.29, 0.717) is 12.5 Å². The Hall–Kier alpha value is -1.88. The highest BCUT2D eigenvalue weighted by Gasteiger charge is 2.24. The van der Waals surface area contributed by atoms with Gasteiger partial charge in [-0.25, -0.2) is 4.79 Å². The molecule has 126 valence electrons. The molecule has 0 saturated carbocycles. The van der Waals surface area contributed by atoms with Gasteiger partial charge in [0.2, 0.25) is 5.91 Å². The van der Waals surface area contributed by atoms with E-state index in [-0.39, 0.29) is 30.0 Å². The minimum absolute atomic E-state index is 0.0247. The number of amides is 1. The fourth-order valence-corrected chi connectivity index (χ4v) is 2.93. The number of carbonyl (C=O) groups excluding carboxylic acids is 1. The van der Waals surface area contributed by atoms with Gasteiger partial charge in [0.05, 0.1) is 18.1 Å². The first-order chi connectivity index (χ1) is 10.9. The second-order valence-corrected chi connectivity index (χ2v) is 6.59. The van der Waals surface area contributed by atoms with E-state index in [9.17, 15) is 9.59 Å². The monoisotopic (exact) mass is 319 g/mol. The van der Waals surface area contributed by atoms with Gasteiger partial charge in [0.25, 0.3) is 0 Å². The van der Waals surface area contributed by atoms with Crippen LogP contribution in [0.1, 0.15) is 49.0 Å². The maximum Gasteiger partial charge on any atom is 0.335 e. The van der Waals surface area contributed by atoms with Crippen LogP contribution in [0.5, 0.6) is 0 Å². The van der Waals surface area contributed by atoms with E-state index in [1.165, 1.54) is 12.1 Å². The third-order valence-corrected chi connectivity index (χ3v) is 4.03. The minimum Gasteiger partial charge on any atom is -0.478 e. The molecule has 1 aliphatic rings. The lowest BCUT2D eigenvalue weighted by atomic mass is 9.96. The molecule has 1 saturated heterocycles. The summed E-state index contributed by atoms with van der Waals surface area (Å²) in [7, 11) is 0. The summed E-state index contributed by atoms with van der Waals surface area (Å²) in [4.78, 5) is 23.0. The first-order valence-corrected chi connectivity index (χ1v) is 8.17. The highest BCUT2D eigenvalue weighted by atomic mass is 16.5. The average Bonchev–Trinajstić information content (AvgIpc) is 2.47. The number of hydrogen-bond acceptors (Lipinski definition) is 3. The number of aromatic carboxylic acids is 1. The standard InChI is InChI=1S/C18H25NO4/c1-12(2)9-16-11-15(7-8-23-16)19-17(20)10-13-3-5-14(6-4-13)18(21)22/h3-6,12,15-16H,7-11H2,1-2H3,(H,19,20)(H,21,22). The third kappa shape index (κ3) is 5.67. The fraction of sp³-hybridized carbons (Fsp3) is 0.556. The Kier molecular flexibility index (Phi) is 6.16. The van der Waals surface area contributed by atoms with Crippen LogP contribution in [0, 0.1) is 5.92 Å². The van der Waals surface area contributed by atoms with Gasteiger partial charge in [-0.1, -0.05) is 26.0 Å². The van der Waals surface area contributed by atoms with Gasteiger partial charge in [0.1, 0.15) is 0 Å². The second-order valence-electron chi connectivity index (χ2n) is 6.59. The van der Waals surface area contributed by atoms with Crippen molar-refractivity contribution in [3.05, 3.63) is 35.4 Å². The van der Waals surface area contributed by atoms with Crippen molar-refractivity contribution in [1.29, 1.82) is 0 Å². The van der Waals surface area contributed by atoms with E-state index in [2.05, 4.69) is 19.2 Å². The Morgan fingerprint density at radius 2 is 2.00 bits per heavy atom. The van der Waals surface area contributed by atoms with Crippen LogP contribution in [0.4, 0.5) is 0 Å². The molecule has 1 aromatic carbocycles. The lowest BCUT2D eigenvalue weighted by molar-refractivity contribution is -0.122. The highest BCUT2D eigenvalue weighted by Crippen LogP contribution is 2.20. The summed E-state index contributed by atoms with van der Waals surface area (Å²) < 4.78 is 5.75. The van der Waals surface area contributed by atoms with Crippen molar-refractivity contribution >= 4 is 11.9 Å².